The first-order valence-electron chi connectivity index (χ1n) is 10.1. The van der Waals surface area contributed by atoms with Gasteiger partial charge in [-0.1, -0.05) is 31.2 Å². The highest BCUT2D eigenvalue weighted by Crippen LogP contribution is 2.24. The lowest BCUT2D eigenvalue weighted by Crippen LogP contribution is -2.35. The topological polar surface area (TPSA) is 33.1 Å². The van der Waals surface area contributed by atoms with E-state index in [1.807, 2.05) is 11.6 Å². The van der Waals surface area contributed by atoms with Crippen LogP contribution in [0.3, 0.4) is 0 Å². The van der Waals surface area contributed by atoms with Gasteiger partial charge >= 0.3 is 0 Å². The lowest BCUT2D eigenvalue weighted by molar-refractivity contribution is 0.219. The minimum absolute atomic E-state index is 0.257. The van der Waals surface area contributed by atoms with Crippen LogP contribution in [0.1, 0.15) is 36.6 Å². The number of nitrogens with zero attached hydrogens (tertiary/aromatic N) is 3. The fourth-order valence-corrected chi connectivity index (χ4v) is 4.06. The number of halogens is 1. The van der Waals surface area contributed by atoms with E-state index < -0.39 is 0 Å². The summed E-state index contributed by atoms with van der Waals surface area (Å²) in [4.78, 5) is 2.96. The molecule has 1 fully saturated rings. The summed E-state index contributed by atoms with van der Waals surface area (Å²) in [5.41, 5.74) is 3.53. The molecule has 2 aromatic rings. The summed E-state index contributed by atoms with van der Waals surface area (Å²) in [5, 5.41) is 8.05. The molecule has 3 rings (SSSR count). The molecular formula is C22H31FN4S. The smallest absolute Gasteiger partial charge is 0.124 e. The number of aryl methyl sites for hydroxylation is 1. The van der Waals surface area contributed by atoms with E-state index in [0.717, 1.165) is 44.0 Å². The Kier molecular flexibility index (Phi) is 7.57. The first-order valence-corrected chi connectivity index (χ1v) is 10.9. The van der Waals surface area contributed by atoms with Crippen LogP contribution in [-0.2, 0) is 12.8 Å². The monoisotopic (exact) mass is 402 g/mol. The summed E-state index contributed by atoms with van der Waals surface area (Å²) in [6, 6.07) is 8.55. The predicted octanol–water partition coefficient (Wildman–Crippen LogP) is 4.70. The average Bonchev–Trinajstić information content (AvgIpc) is 3.10. The number of rotatable bonds is 8. The second-order valence-corrected chi connectivity index (χ2v) is 8.22. The van der Waals surface area contributed by atoms with Gasteiger partial charge in [0, 0.05) is 6.54 Å². The van der Waals surface area contributed by atoms with Gasteiger partial charge in [-0.15, -0.1) is 0 Å². The van der Waals surface area contributed by atoms with E-state index in [1.54, 1.807) is 6.20 Å². The highest BCUT2D eigenvalue weighted by atomic mass is 32.2. The van der Waals surface area contributed by atoms with Crippen LogP contribution in [0.2, 0.25) is 0 Å². The standard InChI is InChI=1S/C22H31FN4S/c1-4-19-7-5-6-8-20(19)9-10-22(27-17(2)21(28-23)16-25-27)24-15-18-11-13-26(3)14-12-18/h5-8,10,16,18,24H,4,9,11-15H2,1-3H3/b22-10-. The van der Waals surface area contributed by atoms with Crippen LogP contribution in [0.15, 0.2) is 41.4 Å². The number of nitrogens with one attached hydrogen (secondary N) is 1. The van der Waals surface area contributed by atoms with Crippen molar-refractivity contribution in [3.8, 4) is 0 Å². The van der Waals surface area contributed by atoms with E-state index in [4.69, 9.17) is 0 Å². The Hall–Kier alpha value is -1.79. The first kappa shape index (κ1) is 20.9. The van der Waals surface area contributed by atoms with Gasteiger partial charge in [0.2, 0.25) is 0 Å². The molecule has 1 aliphatic heterocycles. The van der Waals surface area contributed by atoms with Crippen LogP contribution in [0.5, 0.6) is 0 Å². The third-order valence-electron chi connectivity index (χ3n) is 5.70. The van der Waals surface area contributed by atoms with Gasteiger partial charge in [0.1, 0.15) is 5.82 Å². The summed E-state index contributed by atoms with van der Waals surface area (Å²) in [6.45, 7) is 7.33. The molecule has 0 spiro atoms. The second-order valence-electron chi connectivity index (χ2n) is 7.63. The maximum absolute atomic E-state index is 13.1. The second kappa shape index (κ2) is 10.1. The molecular weight excluding hydrogens is 371 g/mol. The molecule has 0 unspecified atom stereocenters. The molecule has 0 bridgehead atoms. The van der Waals surface area contributed by atoms with Gasteiger partial charge in [-0.05, 0) is 75.9 Å². The Morgan fingerprint density at radius 1 is 1.29 bits per heavy atom. The molecule has 0 aliphatic carbocycles. The van der Waals surface area contributed by atoms with Crippen molar-refractivity contribution in [2.24, 2.45) is 5.92 Å². The van der Waals surface area contributed by atoms with Crippen molar-refractivity contribution in [1.82, 2.24) is 20.0 Å². The zero-order valence-corrected chi connectivity index (χ0v) is 17.9. The Labute approximate surface area is 172 Å². The zero-order chi connectivity index (χ0) is 19.9. The summed E-state index contributed by atoms with van der Waals surface area (Å²) in [7, 11) is 2.18. The van der Waals surface area contributed by atoms with Crippen molar-refractivity contribution in [3.63, 3.8) is 0 Å². The quantitative estimate of drug-likeness (QED) is 0.694. The number of aromatic nitrogens is 2. The van der Waals surface area contributed by atoms with E-state index in [1.165, 1.54) is 24.0 Å². The minimum Gasteiger partial charge on any atom is -0.370 e. The number of allylic oxidation sites excluding steroid dienone is 1. The van der Waals surface area contributed by atoms with Gasteiger partial charge < -0.3 is 10.2 Å². The molecule has 1 N–H and O–H groups in total. The molecule has 6 heteroatoms. The normalized spacial score (nSPS) is 16.5. The number of likely N-dealkylation sites (tertiary alicyclic amines) is 1. The molecule has 4 nitrogen and oxygen atoms in total. The summed E-state index contributed by atoms with van der Waals surface area (Å²) < 4.78 is 15.0. The van der Waals surface area contributed by atoms with Gasteiger partial charge in [-0.2, -0.15) is 8.98 Å². The van der Waals surface area contributed by atoms with Crippen molar-refractivity contribution >= 4 is 18.0 Å². The Bertz CT molecular complexity index is 794. The number of hydrogen-bond acceptors (Lipinski definition) is 4. The average molecular weight is 403 g/mol. The summed E-state index contributed by atoms with van der Waals surface area (Å²) in [6.07, 6.45) is 8.06. The number of benzene rings is 1. The van der Waals surface area contributed by atoms with Crippen molar-refractivity contribution in [1.29, 1.82) is 0 Å². The van der Waals surface area contributed by atoms with Crippen LogP contribution in [0.4, 0.5) is 3.89 Å². The van der Waals surface area contributed by atoms with E-state index in [2.05, 4.69) is 59.6 Å². The maximum atomic E-state index is 13.1. The molecule has 0 atom stereocenters. The molecule has 1 saturated heterocycles. The SMILES string of the molecule is CCc1ccccc1C/C=C(/NCC1CCN(C)CC1)n1ncc(SF)c1C. The highest BCUT2D eigenvalue weighted by Gasteiger charge is 2.18. The van der Waals surface area contributed by atoms with Crippen LogP contribution in [0.25, 0.3) is 5.82 Å². The van der Waals surface area contributed by atoms with E-state index >= 15 is 0 Å². The Morgan fingerprint density at radius 3 is 2.64 bits per heavy atom. The summed E-state index contributed by atoms with van der Waals surface area (Å²) >= 11 is 0.257. The van der Waals surface area contributed by atoms with Crippen molar-refractivity contribution in [3.05, 3.63) is 53.4 Å². The molecule has 0 saturated carbocycles. The van der Waals surface area contributed by atoms with E-state index in [9.17, 15) is 3.89 Å². The van der Waals surface area contributed by atoms with Gasteiger partial charge in [-0.3, -0.25) is 0 Å². The third-order valence-corrected chi connectivity index (χ3v) is 6.27. The molecule has 28 heavy (non-hydrogen) atoms. The highest BCUT2D eigenvalue weighted by molar-refractivity contribution is 7.94. The van der Waals surface area contributed by atoms with Crippen molar-refractivity contribution in [2.75, 3.05) is 26.7 Å². The fraction of sp³-hybridized carbons (Fsp3) is 0.500. The van der Waals surface area contributed by atoms with Crippen LogP contribution >= 0.6 is 12.1 Å². The van der Waals surface area contributed by atoms with Gasteiger partial charge in [0.15, 0.2) is 0 Å². The summed E-state index contributed by atoms with van der Waals surface area (Å²) in [5.74, 6) is 1.61. The van der Waals surface area contributed by atoms with Crippen molar-refractivity contribution in [2.45, 2.75) is 44.4 Å². The minimum atomic E-state index is 0.257. The molecule has 0 amide bonds. The van der Waals surface area contributed by atoms with Crippen molar-refractivity contribution < 1.29 is 3.89 Å². The van der Waals surface area contributed by atoms with E-state index in [-0.39, 0.29) is 12.1 Å². The Morgan fingerprint density at radius 2 is 2.00 bits per heavy atom. The molecule has 2 heterocycles. The number of piperidine rings is 1. The zero-order valence-electron chi connectivity index (χ0n) is 17.1. The lowest BCUT2D eigenvalue weighted by atomic mass is 9.97. The maximum Gasteiger partial charge on any atom is 0.124 e. The number of hydrogen-bond donors (Lipinski definition) is 1. The van der Waals surface area contributed by atoms with Crippen LogP contribution < -0.4 is 5.32 Å². The molecule has 152 valence electrons. The van der Waals surface area contributed by atoms with Gasteiger partial charge in [0.05, 0.1) is 28.9 Å². The molecule has 1 aliphatic rings. The Balaban J connectivity index is 1.78. The molecule has 1 aromatic heterocycles. The van der Waals surface area contributed by atoms with Gasteiger partial charge in [0.25, 0.3) is 0 Å². The predicted molar refractivity (Wildman–Crippen MR) is 116 cm³/mol. The largest absolute Gasteiger partial charge is 0.370 e. The van der Waals surface area contributed by atoms with Crippen LogP contribution in [0, 0.1) is 12.8 Å². The first-order chi connectivity index (χ1) is 13.6. The third kappa shape index (κ3) is 5.17. The lowest BCUT2D eigenvalue weighted by Gasteiger charge is -2.29. The van der Waals surface area contributed by atoms with Crippen LogP contribution in [-0.4, -0.2) is 41.4 Å². The fourth-order valence-electron chi connectivity index (χ4n) is 3.77. The molecule has 0 radical (unpaired) electrons. The van der Waals surface area contributed by atoms with Gasteiger partial charge in [-0.25, -0.2) is 4.68 Å². The van der Waals surface area contributed by atoms with E-state index in [0.29, 0.717) is 10.8 Å². The molecule has 1 aromatic carbocycles.